The largest absolute Gasteiger partial charge is 0.493 e. The van der Waals surface area contributed by atoms with Crippen LogP contribution in [0.25, 0.3) is 0 Å². The Labute approximate surface area is 124 Å². The number of carbonyl (C=O) groups is 1. The molecule has 0 aliphatic rings. The van der Waals surface area contributed by atoms with E-state index in [2.05, 4.69) is 0 Å². The number of aliphatic carboxylic acids is 1. The van der Waals surface area contributed by atoms with Crippen LogP contribution in [0.3, 0.4) is 0 Å². The molecule has 1 aromatic rings. The molecule has 0 saturated heterocycles. The van der Waals surface area contributed by atoms with Crippen LogP contribution in [-0.2, 0) is 16.9 Å². The van der Waals surface area contributed by atoms with Crippen molar-refractivity contribution in [2.45, 2.75) is 39.8 Å². The Morgan fingerprint density at radius 3 is 2.14 bits per heavy atom. The first-order valence-corrected chi connectivity index (χ1v) is 6.70. The molecule has 0 unspecified atom stereocenters. The molecule has 0 radical (unpaired) electrons. The maximum absolute atomic E-state index is 14.4. The number of rotatable bonds is 6. The Kier molecular flexibility index (Phi) is 4.87. The molecule has 1 rings (SSSR count). The van der Waals surface area contributed by atoms with E-state index < -0.39 is 17.1 Å². The van der Waals surface area contributed by atoms with Gasteiger partial charge in [-0.05, 0) is 51.8 Å². The Bertz CT molecular complexity index is 530. The topological polar surface area (TPSA) is 55.8 Å². The summed E-state index contributed by atoms with van der Waals surface area (Å²) in [5.41, 5.74) is -1.53. The average Bonchev–Trinajstić information content (AvgIpc) is 2.35. The number of halogens is 1. The van der Waals surface area contributed by atoms with Gasteiger partial charge in [-0.3, -0.25) is 4.79 Å². The van der Waals surface area contributed by atoms with Gasteiger partial charge in [0.1, 0.15) is 5.67 Å². The van der Waals surface area contributed by atoms with Crippen molar-refractivity contribution in [3.05, 3.63) is 23.3 Å². The molecule has 0 fully saturated rings. The molecular weight excluding hydrogens is 275 g/mol. The van der Waals surface area contributed by atoms with Crippen molar-refractivity contribution in [3.63, 3.8) is 0 Å². The highest BCUT2D eigenvalue weighted by molar-refractivity contribution is 5.74. The minimum Gasteiger partial charge on any atom is -0.493 e. The number of benzene rings is 1. The zero-order valence-corrected chi connectivity index (χ0v) is 13.4. The molecule has 0 amide bonds. The van der Waals surface area contributed by atoms with Crippen molar-refractivity contribution in [2.24, 2.45) is 5.41 Å². The second-order valence-electron chi connectivity index (χ2n) is 6.22. The first-order chi connectivity index (χ1) is 9.52. The third kappa shape index (κ3) is 3.86. The number of hydrogen-bond acceptors (Lipinski definition) is 3. The third-order valence-electron chi connectivity index (χ3n) is 3.40. The molecule has 0 aliphatic heterocycles. The molecule has 118 valence electrons. The van der Waals surface area contributed by atoms with Crippen molar-refractivity contribution >= 4 is 5.97 Å². The van der Waals surface area contributed by atoms with Gasteiger partial charge in [-0.25, -0.2) is 4.39 Å². The van der Waals surface area contributed by atoms with E-state index in [0.29, 0.717) is 22.6 Å². The summed E-state index contributed by atoms with van der Waals surface area (Å²) in [6.07, 6.45) is 0.270. The van der Waals surface area contributed by atoms with E-state index in [0.717, 1.165) is 0 Å². The lowest BCUT2D eigenvalue weighted by molar-refractivity contribution is -0.146. The molecule has 0 saturated carbocycles. The third-order valence-corrected chi connectivity index (χ3v) is 3.40. The Hall–Kier alpha value is -1.78. The van der Waals surface area contributed by atoms with E-state index in [-0.39, 0.29) is 6.42 Å². The first kappa shape index (κ1) is 17.3. The van der Waals surface area contributed by atoms with Crippen LogP contribution in [0.5, 0.6) is 11.5 Å². The number of carboxylic acid groups (broad SMARTS) is 1. The monoisotopic (exact) mass is 298 g/mol. The number of hydrogen-bond donors (Lipinski definition) is 1. The van der Waals surface area contributed by atoms with E-state index >= 15 is 0 Å². The fourth-order valence-corrected chi connectivity index (χ4v) is 2.15. The number of carboxylic acids is 1. The molecule has 0 spiro atoms. The van der Waals surface area contributed by atoms with Crippen molar-refractivity contribution in [2.75, 3.05) is 14.2 Å². The zero-order valence-electron chi connectivity index (χ0n) is 13.4. The molecule has 4 nitrogen and oxygen atoms in total. The van der Waals surface area contributed by atoms with E-state index in [1.54, 1.807) is 26.0 Å². The summed E-state index contributed by atoms with van der Waals surface area (Å²) in [4.78, 5) is 11.3. The van der Waals surface area contributed by atoms with E-state index in [1.807, 2.05) is 0 Å². The van der Waals surface area contributed by atoms with Gasteiger partial charge < -0.3 is 14.6 Å². The summed E-state index contributed by atoms with van der Waals surface area (Å²) < 4.78 is 24.9. The van der Waals surface area contributed by atoms with Gasteiger partial charge in [-0.2, -0.15) is 0 Å². The summed E-state index contributed by atoms with van der Waals surface area (Å²) in [5, 5.41) is 9.23. The summed E-state index contributed by atoms with van der Waals surface area (Å²) in [6.45, 7) is 6.12. The van der Waals surface area contributed by atoms with E-state index in [1.165, 1.54) is 28.1 Å². The van der Waals surface area contributed by atoms with Crippen LogP contribution in [0, 0.1) is 5.41 Å². The number of ether oxygens (including phenoxy) is 2. The minimum atomic E-state index is -1.62. The summed E-state index contributed by atoms with van der Waals surface area (Å²) in [5.74, 6) is -0.169. The molecule has 1 N–H and O–H groups in total. The van der Waals surface area contributed by atoms with Gasteiger partial charge in [-0.1, -0.05) is 0 Å². The van der Waals surface area contributed by atoms with Crippen LogP contribution in [0.1, 0.15) is 38.8 Å². The molecule has 0 atom stereocenters. The van der Waals surface area contributed by atoms with E-state index in [9.17, 15) is 14.3 Å². The smallest absolute Gasteiger partial charge is 0.309 e. The van der Waals surface area contributed by atoms with Gasteiger partial charge in [0.2, 0.25) is 0 Å². The predicted octanol–water partition coefficient (Wildman–Crippen LogP) is 3.56. The second kappa shape index (κ2) is 5.92. The van der Waals surface area contributed by atoms with Crippen LogP contribution in [0.15, 0.2) is 12.1 Å². The normalized spacial score (nSPS) is 12.1. The number of alkyl halides is 1. The van der Waals surface area contributed by atoms with Crippen LogP contribution < -0.4 is 9.47 Å². The van der Waals surface area contributed by atoms with Gasteiger partial charge in [0.05, 0.1) is 19.6 Å². The summed E-state index contributed by atoms with van der Waals surface area (Å²) in [6, 6.07) is 3.34. The minimum absolute atomic E-state index is 0.270. The highest BCUT2D eigenvalue weighted by atomic mass is 19.1. The van der Waals surface area contributed by atoms with Crippen LogP contribution in [0.2, 0.25) is 0 Å². The van der Waals surface area contributed by atoms with Crippen molar-refractivity contribution in [1.29, 1.82) is 0 Å². The Morgan fingerprint density at radius 2 is 1.76 bits per heavy atom. The molecule has 5 heteroatoms. The van der Waals surface area contributed by atoms with Crippen molar-refractivity contribution in [1.82, 2.24) is 0 Å². The van der Waals surface area contributed by atoms with Crippen LogP contribution in [0.4, 0.5) is 4.39 Å². The van der Waals surface area contributed by atoms with Gasteiger partial charge in [-0.15, -0.1) is 0 Å². The Balaban J connectivity index is 3.40. The van der Waals surface area contributed by atoms with E-state index in [4.69, 9.17) is 9.47 Å². The molecule has 21 heavy (non-hydrogen) atoms. The fraction of sp³-hybridized carbons (Fsp3) is 0.562. The first-order valence-electron chi connectivity index (χ1n) is 6.70. The van der Waals surface area contributed by atoms with Gasteiger partial charge in [0.15, 0.2) is 11.5 Å². The lowest BCUT2D eigenvalue weighted by Gasteiger charge is -2.24. The maximum atomic E-state index is 14.4. The lowest BCUT2D eigenvalue weighted by Crippen LogP contribution is -2.26. The summed E-state index contributed by atoms with van der Waals surface area (Å²) >= 11 is 0. The molecule has 0 aliphatic carbocycles. The summed E-state index contributed by atoms with van der Waals surface area (Å²) in [7, 11) is 2.92. The predicted molar refractivity (Wildman–Crippen MR) is 78.8 cm³/mol. The quantitative estimate of drug-likeness (QED) is 0.872. The molecule has 0 heterocycles. The second-order valence-corrected chi connectivity index (χ2v) is 6.22. The molecule has 1 aromatic carbocycles. The SMILES string of the molecule is COc1cc(CC(C)(C)C(=O)O)cc(C(C)(C)F)c1OC. The van der Waals surface area contributed by atoms with Crippen LogP contribution in [-0.4, -0.2) is 25.3 Å². The molecule has 0 aromatic heterocycles. The fourth-order valence-electron chi connectivity index (χ4n) is 2.15. The van der Waals surface area contributed by atoms with Gasteiger partial charge in [0.25, 0.3) is 0 Å². The van der Waals surface area contributed by atoms with Gasteiger partial charge in [0, 0.05) is 5.56 Å². The van der Waals surface area contributed by atoms with Crippen molar-refractivity contribution in [3.8, 4) is 11.5 Å². The van der Waals surface area contributed by atoms with Crippen molar-refractivity contribution < 1.29 is 23.8 Å². The van der Waals surface area contributed by atoms with Crippen LogP contribution >= 0.6 is 0 Å². The Morgan fingerprint density at radius 1 is 1.19 bits per heavy atom. The molecule has 0 bridgehead atoms. The average molecular weight is 298 g/mol. The van der Waals surface area contributed by atoms with Gasteiger partial charge >= 0.3 is 5.97 Å². The highest BCUT2D eigenvalue weighted by Gasteiger charge is 2.31. The molecular formula is C16H23FO4. The standard InChI is InChI=1S/C16H23FO4/c1-15(2,14(18)19)9-10-7-11(16(3,4)17)13(21-6)12(8-10)20-5/h7-8H,9H2,1-6H3,(H,18,19). The maximum Gasteiger partial charge on any atom is 0.309 e. The lowest BCUT2D eigenvalue weighted by atomic mass is 9.84. The number of methoxy groups -OCH3 is 2. The highest BCUT2D eigenvalue weighted by Crippen LogP contribution is 2.41. The zero-order chi connectivity index (χ0) is 16.4.